The fraction of sp³-hybridized carbons (Fsp3) is 0.412. The lowest BCUT2D eigenvalue weighted by molar-refractivity contribution is 0.377. The van der Waals surface area contributed by atoms with E-state index in [9.17, 15) is 5.26 Å². The molecule has 3 rings (SSSR count). The number of hydrogen-bond donors (Lipinski definition) is 1. The molecule has 21 heavy (non-hydrogen) atoms. The topological polar surface area (TPSA) is 52.0 Å². The molecule has 0 aliphatic carbocycles. The van der Waals surface area contributed by atoms with E-state index in [-0.39, 0.29) is 0 Å². The Hall–Kier alpha value is -2.12. The quantitative estimate of drug-likeness (QED) is 0.938. The molecule has 0 saturated carbocycles. The monoisotopic (exact) mass is 280 g/mol. The largest absolute Gasteiger partial charge is 0.358 e. The van der Waals surface area contributed by atoms with Gasteiger partial charge in [-0.05, 0) is 44.0 Å². The van der Waals surface area contributed by atoms with Crippen molar-refractivity contribution in [1.82, 2.24) is 10.3 Å². The Labute approximate surface area is 125 Å². The number of nitrogens with zero attached hydrogens (tertiary/aromatic N) is 3. The molecule has 0 bridgehead atoms. The van der Waals surface area contributed by atoms with Gasteiger partial charge >= 0.3 is 0 Å². The smallest absolute Gasteiger partial charge is 0.147 e. The number of pyridine rings is 1. The van der Waals surface area contributed by atoms with Crippen LogP contribution in [0.1, 0.15) is 18.4 Å². The number of rotatable bonds is 3. The fourth-order valence-electron chi connectivity index (χ4n) is 3.02. The lowest BCUT2D eigenvalue weighted by Crippen LogP contribution is -2.35. The molecule has 1 aliphatic rings. The van der Waals surface area contributed by atoms with Crippen LogP contribution in [0.2, 0.25) is 0 Å². The molecule has 1 saturated heterocycles. The van der Waals surface area contributed by atoms with Crippen molar-refractivity contribution in [2.24, 2.45) is 5.92 Å². The second kappa shape index (κ2) is 6.11. The first-order chi connectivity index (χ1) is 10.3. The first-order valence-corrected chi connectivity index (χ1v) is 7.49. The number of anilines is 1. The molecular formula is C17H20N4. The Balaban J connectivity index is 1.89. The van der Waals surface area contributed by atoms with E-state index in [1.165, 1.54) is 12.8 Å². The lowest BCUT2D eigenvalue weighted by atomic mass is 9.97. The fourth-order valence-corrected chi connectivity index (χ4v) is 3.02. The Morgan fingerprint density at radius 1 is 1.33 bits per heavy atom. The molecule has 1 aromatic carbocycles. The molecule has 0 amide bonds. The van der Waals surface area contributed by atoms with Crippen LogP contribution in [0, 0.1) is 17.2 Å². The molecule has 0 radical (unpaired) electrons. The van der Waals surface area contributed by atoms with Crippen LogP contribution in [0.25, 0.3) is 10.9 Å². The molecule has 4 heteroatoms. The summed E-state index contributed by atoms with van der Waals surface area (Å²) in [5.41, 5.74) is 1.61. The van der Waals surface area contributed by atoms with E-state index in [2.05, 4.69) is 16.3 Å². The normalized spacial score (nSPS) is 15.8. The van der Waals surface area contributed by atoms with Gasteiger partial charge in [0, 0.05) is 19.0 Å². The van der Waals surface area contributed by atoms with E-state index in [1.807, 2.05) is 37.4 Å². The predicted molar refractivity (Wildman–Crippen MR) is 85.3 cm³/mol. The van der Waals surface area contributed by atoms with Gasteiger partial charge in [0.15, 0.2) is 0 Å². The van der Waals surface area contributed by atoms with Crippen LogP contribution in [-0.2, 0) is 0 Å². The third kappa shape index (κ3) is 2.98. The zero-order valence-electron chi connectivity index (χ0n) is 12.3. The van der Waals surface area contributed by atoms with Gasteiger partial charge in [0.2, 0.25) is 0 Å². The van der Waals surface area contributed by atoms with Crippen LogP contribution in [-0.4, -0.2) is 31.7 Å². The number of hydrogen-bond acceptors (Lipinski definition) is 4. The Morgan fingerprint density at radius 3 is 2.86 bits per heavy atom. The highest BCUT2D eigenvalue weighted by molar-refractivity contribution is 5.83. The van der Waals surface area contributed by atoms with Gasteiger partial charge in [0.05, 0.1) is 11.1 Å². The van der Waals surface area contributed by atoms with Gasteiger partial charge in [0.25, 0.3) is 0 Å². The first-order valence-electron chi connectivity index (χ1n) is 7.49. The number of piperidine rings is 1. The minimum Gasteiger partial charge on any atom is -0.358 e. The Morgan fingerprint density at radius 2 is 2.10 bits per heavy atom. The minimum absolute atomic E-state index is 0.658. The van der Waals surface area contributed by atoms with E-state index in [1.54, 1.807) is 0 Å². The first kappa shape index (κ1) is 13.8. The highest BCUT2D eigenvalue weighted by atomic mass is 15.2. The molecule has 108 valence electrons. The van der Waals surface area contributed by atoms with Crippen molar-refractivity contribution >= 4 is 16.7 Å². The van der Waals surface area contributed by atoms with Crippen LogP contribution in [0.4, 0.5) is 5.82 Å². The van der Waals surface area contributed by atoms with Crippen molar-refractivity contribution in [3.05, 3.63) is 35.9 Å². The molecule has 2 aromatic rings. The summed E-state index contributed by atoms with van der Waals surface area (Å²) in [6.45, 7) is 3.14. The molecule has 1 aromatic heterocycles. The molecule has 4 nitrogen and oxygen atoms in total. The van der Waals surface area contributed by atoms with Crippen molar-refractivity contribution in [2.45, 2.75) is 12.8 Å². The van der Waals surface area contributed by atoms with Crippen molar-refractivity contribution in [1.29, 1.82) is 5.26 Å². The molecular weight excluding hydrogens is 260 g/mol. The number of fused-ring (bicyclic) bond motifs is 1. The molecule has 0 unspecified atom stereocenters. The van der Waals surface area contributed by atoms with E-state index >= 15 is 0 Å². The van der Waals surface area contributed by atoms with Crippen LogP contribution in [0.15, 0.2) is 30.3 Å². The van der Waals surface area contributed by atoms with Crippen LogP contribution < -0.4 is 10.2 Å². The third-order valence-corrected chi connectivity index (χ3v) is 4.18. The summed E-state index contributed by atoms with van der Waals surface area (Å²) in [5, 5.41) is 13.8. The standard InChI is InChI=1S/C17H20N4/c1-21(12-13-6-8-19-9-7-13)17-15(11-18)10-14-4-2-3-5-16(14)20-17/h2-5,10,13,19H,6-9,12H2,1H3. The van der Waals surface area contributed by atoms with Crippen LogP contribution in [0.5, 0.6) is 0 Å². The van der Waals surface area contributed by atoms with E-state index in [0.29, 0.717) is 11.5 Å². The van der Waals surface area contributed by atoms with E-state index < -0.39 is 0 Å². The average molecular weight is 280 g/mol. The number of nitrogens with one attached hydrogen (secondary N) is 1. The average Bonchev–Trinajstić information content (AvgIpc) is 2.54. The lowest BCUT2D eigenvalue weighted by Gasteiger charge is -2.28. The van der Waals surface area contributed by atoms with Gasteiger partial charge in [-0.25, -0.2) is 4.98 Å². The SMILES string of the molecule is CN(CC1CCNCC1)c1nc2ccccc2cc1C#N. The predicted octanol–water partition coefficient (Wildman–Crippen LogP) is 2.54. The van der Waals surface area contributed by atoms with Gasteiger partial charge in [0.1, 0.15) is 11.9 Å². The molecule has 2 heterocycles. The highest BCUT2D eigenvalue weighted by Crippen LogP contribution is 2.24. The molecule has 1 aliphatic heterocycles. The van der Waals surface area contributed by atoms with Crippen molar-refractivity contribution in [3.63, 3.8) is 0 Å². The number of nitriles is 1. The zero-order valence-corrected chi connectivity index (χ0v) is 12.3. The van der Waals surface area contributed by atoms with Gasteiger partial charge in [-0.1, -0.05) is 18.2 Å². The molecule has 0 spiro atoms. The van der Waals surface area contributed by atoms with E-state index in [4.69, 9.17) is 4.98 Å². The minimum atomic E-state index is 0.658. The van der Waals surface area contributed by atoms with Crippen molar-refractivity contribution < 1.29 is 0 Å². The summed E-state index contributed by atoms with van der Waals surface area (Å²) in [4.78, 5) is 6.84. The summed E-state index contributed by atoms with van der Waals surface area (Å²) in [7, 11) is 2.04. The maximum atomic E-state index is 9.41. The van der Waals surface area contributed by atoms with Gasteiger partial charge < -0.3 is 10.2 Å². The Kier molecular flexibility index (Phi) is 4.03. The maximum absolute atomic E-state index is 9.41. The number of para-hydroxylation sites is 1. The number of benzene rings is 1. The summed E-state index contributed by atoms with van der Waals surface area (Å²) in [5.74, 6) is 1.48. The second-order valence-corrected chi connectivity index (χ2v) is 5.74. The van der Waals surface area contributed by atoms with Crippen molar-refractivity contribution in [3.8, 4) is 6.07 Å². The maximum Gasteiger partial charge on any atom is 0.147 e. The summed E-state index contributed by atoms with van der Waals surface area (Å²) in [6, 6.07) is 12.2. The number of aromatic nitrogens is 1. The highest BCUT2D eigenvalue weighted by Gasteiger charge is 2.18. The second-order valence-electron chi connectivity index (χ2n) is 5.74. The van der Waals surface area contributed by atoms with E-state index in [0.717, 1.165) is 36.4 Å². The molecule has 1 N–H and O–H groups in total. The van der Waals surface area contributed by atoms with Crippen LogP contribution in [0.3, 0.4) is 0 Å². The van der Waals surface area contributed by atoms with Gasteiger partial charge in [-0.2, -0.15) is 5.26 Å². The molecule has 1 fully saturated rings. The summed E-state index contributed by atoms with van der Waals surface area (Å²) >= 11 is 0. The third-order valence-electron chi connectivity index (χ3n) is 4.18. The Bertz CT molecular complexity index is 668. The van der Waals surface area contributed by atoms with Crippen molar-refractivity contribution in [2.75, 3.05) is 31.6 Å². The zero-order chi connectivity index (χ0) is 14.7. The van der Waals surface area contributed by atoms with Gasteiger partial charge in [-0.15, -0.1) is 0 Å². The summed E-state index contributed by atoms with van der Waals surface area (Å²) < 4.78 is 0. The van der Waals surface area contributed by atoms with Gasteiger partial charge in [-0.3, -0.25) is 0 Å². The van der Waals surface area contributed by atoms with Crippen LogP contribution >= 0.6 is 0 Å². The summed E-state index contributed by atoms with van der Waals surface area (Å²) in [6.07, 6.45) is 2.39. The molecule has 0 atom stereocenters.